The number of nitrogens with two attached hydrogens (primary N) is 1. The van der Waals surface area contributed by atoms with Gasteiger partial charge in [0.15, 0.2) is 0 Å². The van der Waals surface area contributed by atoms with Crippen molar-refractivity contribution in [3.63, 3.8) is 0 Å². The van der Waals surface area contributed by atoms with Crippen LogP contribution < -0.4 is 5.73 Å². The first-order chi connectivity index (χ1) is 10.3. The minimum atomic E-state index is -0.162. The molecule has 3 fully saturated rings. The zero-order valence-electron chi connectivity index (χ0n) is 13.3. The summed E-state index contributed by atoms with van der Waals surface area (Å²) in [7, 11) is 0. The molecular weight excluding hydrogens is 262 g/mol. The molecule has 0 aromatic rings. The quantitative estimate of drug-likeness (QED) is 0.867. The molecule has 21 heavy (non-hydrogen) atoms. The van der Waals surface area contributed by atoms with Crippen molar-refractivity contribution in [3.05, 3.63) is 0 Å². The molecule has 3 rings (SSSR count). The van der Waals surface area contributed by atoms with Crippen LogP contribution in [0.4, 0.5) is 0 Å². The maximum atomic E-state index is 11.4. The Balaban J connectivity index is 1.73. The molecule has 1 amide bonds. The number of carbonyl (C=O) groups excluding carboxylic acids is 1. The number of hydrogen-bond acceptors (Lipinski definition) is 3. The molecule has 2 saturated heterocycles. The van der Waals surface area contributed by atoms with Crippen LogP contribution in [0.2, 0.25) is 0 Å². The molecule has 2 N–H and O–H groups in total. The summed E-state index contributed by atoms with van der Waals surface area (Å²) in [5.74, 6) is -0.162. The Hall–Kier alpha value is -0.610. The van der Waals surface area contributed by atoms with Crippen LogP contribution in [0.1, 0.15) is 64.2 Å². The van der Waals surface area contributed by atoms with E-state index >= 15 is 0 Å². The van der Waals surface area contributed by atoms with Gasteiger partial charge in [-0.3, -0.25) is 14.6 Å². The number of nitrogens with zero attached hydrogens (tertiary/aromatic N) is 2. The second-order valence-electron chi connectivity index (χ2n) is 7.24. The zero-order chi connectivity index (χ0) is 14.7. The van der Waals surface area contributed by atoms with Crippen molar-refractivity contribution >= 4 is 5.91 Å². The predicted octanol–water partition coefficient (Wildman–Crippen LogP) is 2.12. The Bertz CT molecular complexity index is 354. The van der Waals surface area contributed by atoms with Crippen LogP contribution in [-0.4, -0.2) is 53.5 Å². The fourth-order valence-corrected chi connectivity index (χ4v) is 4.94. The van der Waals surface area contributed by atoms with Crippen molar-refractivity contribution in [1.29, 1.82) is 0 Å². The summed E-state index contributed by atoms with van der Waals surface area (Å²) in [5, 5.41) is 0. The van der Waals surface area contributed by atoms with E-state index in [1.54, 1.807) is 0 Å². The van der Waals surface area contributed by atoms with E-state index in [1.807, 2.05) is 0 Å². The van der Waals surface area contributed by atoms with E-state index in [-0.39, 0.29) is 5.91 Å². The number of fused-ring (bicyclic) bond motifs is 1. The lowest BCUT2D eigenvalue weighted by molar-refractivity contribution is -0.120. The van der Waals surface area contributed by atoms with Gasteiger partial charge in [-0.15, -0.1) is 0 Å². The van der Waals surface area contributed by atoms with Gasteiger partial charge in [0.25, 0.3) is 0 Å². The molecule has 0 aromatic heterocycles. The minimum absolute atomic E-state index is 0.162. The first-order valence-corrected chi connectivity index (χ1v) is 9.04. The third-order valence-corrected chi connectivity index (χ3v) is 5.85. The summed E-state index contributed by atoms with van der Waals surface area (Å²) in [6.07, 6.45) is 13.4. The van der Waals surface area contributed by atoms with Gasteiger partial charge in [0.2, 0.25) is 5.91 Å². The summed E-state index contributed by atoms with van der Waals surface area (Å²) in [6.45, 7) is 2.79. The van der Waals surface area contributed by atoms with E-state index in [0.717, 1.165) is 12.6 Å². The topological polar surface area (TPSA) is 49.6 Å². The molecule has 2 aliphatic heterocycles. The lowest BCUT2D eigenvalue weighted by Gasteiger charge is -2.48. The Morgan fingerprint density at radius 3 is 2.33 bits per heavy atom. The summed E-state index contributed by atoms with van der Waals surface area (Å²) in [5.41, 5.74) is 5.48. The fourth-order valence-electron chi connectivity index (χ4n) is 4.94. The average Bonchev–Trinajstić information content (AvgIpc) is 2.70. The molecule has 0 bridgehead atoms. The van der Waals surface area contributed by atoms with Gasteiger partial charge in [-0.1, -0.05) is 25.7 Å². The van der Waals surface area contributed by atoms with Crippen molar-refractivity contribution in [2.45, 2.75) is 82.3 Å². The molecular formula is C17H31N3O. The summed E-state index contributed by atoms with van der Waals surface area (Å²) in [4.78, 5) is 16.6. The molecule has 0 aromatic carbocycles. The first kappa shape index (κ1) is 15.3. The lowest BCUT2D eigenvalue weighted by Crippen LogP contribution is -2.58. The fraction of sp³-hybridized carbons (Fsp3) is 0.941. The highest BCUT2D eigenvalue weighted by molar-refractivity contribution is 5.76. The second-order valence-corrected chi connectivity index (χ2v) is 7.24. The smallest absolute Gasteiger partial charge is 0.231 e. The van der Waals surface area contributed by atoms with Crippen LogP contribution in [0.3, 0.4) is 0 Å². The normalized spacial score (nSPS) is 33.3. The SMILES string of the molecule is NC(=O)CN1CCCC[C@@H]2[C@H]1CCCN2C1CCCCC1. The Kier molecular flexibility index (Phi) is 5.17. The summed E-state index contributed by atoms with van der Waals surface area (Å²) < 4.78 is 0. The molecule has 2 heterocycles. The van der Waals surface area contributed by atoms with Crippen molar-refractivity contribution in [2.75, 3.05) is 19.6 Å². The molecule has 1 saturated carbocycles. The molecule has 0 spiro atoms. The average molecular weight is 293 g/mol. The maximum Gasteiger partial charge on any atom is 0.231 e. The third-order valence-electron chi connectivity index (χ3n) is 5.85. The zero-order valence-corrected chi connectivity index (χ0v) is 13.3. The van der Waals surface area contributed by atoms with Crippen molar-refractivity contribution < 1.29 is 4.79 Å². The summed E-state index contributed by atoms with van der Waals surface area (Å²) in [6, 6.07) is 2.04. The van der Waals surface area contributed by atoms with Gasteiger partial charge in [-0.05, 0) is 51.6 Å². The number of hydrogen-bond donors (Lipinski definition) is 1. The molecule has 4 heteroatoms. The van der Waals surface area contributed by atoms with Crippen LogP contribution in [0.25, 0.3) is 0 Å². The number of likely N-dealkylation sites (tertiary alicyclic amines) is 2. The van der Waals surface area contributed by atoms with Gasteiger partial charge >= 0.3 is 0 Å². The Morgan fingerprint density at radius 2 is 1.57 bits per heavy atom. The van der Waals surface area contributed by atoms with E-state index < -0.39 is 0 Å². The van der Waals surface area contributed by atoms with Crippen molar-refractivity contribution in [2.24, 2.45) is 5.73 Å². The number of piperidine rings is 1. The van der Waals surface area contributed by atoms with Crippen molar-refractivity contribution in [1.82, 2.24) is 9.80 Å². The number of amides is 1. The number of rotatable bonds is 3. The van der Waals surface area contributed by atoms with Gasteiger partial charge in [0, 0.05) is 18.1 Å². The Morgan fingerprint density at radius 1 is 0.857 bits per heavy atom. The van der Waals surface area contributed by atoms with Gasteiger partial charge in [0.05, 0.1) is 6.54 Å². The molecule has 2 atom stereocenters. The van der Waals surface area contributed by atoms with Crippen LogP contribution in [0.15, 0.2) is 0 Å². The van der Waals surface area contributed by atoms with Gasteiger partial charge in [-0.2, -0.15) is 0 Å². The van der Waals surface area contributed by atoms with E-state index in [2.05, 4.69) is 9.80 Å². The molecule has 1 aliphatic carbocycles. The highest BCUT2D eigenvalue weighted by Crippen LogP contribution is 2.34. The van der Waals surface area contributed by atoms with Crippen molar-refractivity contribution in [3.8, 4) is 0 Å². The minimum Gasteiger partial charge on any atom is -0.369 e. The predicted molar refractivity (Wildman–Crippen MR) is 85.0 cm³/mol. The van der Waals surface area contributed by atoms with E-state index in [9.17, 15) is 4.79 Å². The van der Waals surface area contributed by atoms with Crippen LogP contribution in [0, 0.1) is 0 Å². The van der Waals surface area contributed by atoms with Crippen LogP contribution >= 0.6 is 0 Å². The molecule has 0 unspecified atom stereocenters. The highest BCUT2D eigenvalue weighted by atomic mass is 16.1. The second kappa shape index (κ2) is 7.10. The van der Waals surface area contributed by atoms with Crippen LogP contribution in [-0.2, 0) is 4.79 Å². The molecule has 3 aliphatic rings. The molecule has 120 valence electrons. The van der Waals surface area contributed by atoms with E-state index in [0.29, 0.717) is 18.6 Å². The van der Waals surface area contributed by atoms with E-state index in [1.165, 1.54) is 70.8 Å². The van der Waals surface area contributed by atoms with Gasteiger partial charge < -0.3 is 5.73 Å². The Labute approximate surface area is 129 Å². The monoisotopic (exact) mass is 293 g/mol. The molecule has 0 radical (unpaired) electrons. The number of primary amides is 1. The summed E-state index contributed by atoms with van der Waals surface area (Å²) >= 11 is 0. The standard InChI is InChI=1S/C17H31N3O/c18-17(21)13-19-11-5-4-9-16-15(19)10-6-12-20(16)14-7-2-1-3-8-14/h14-16H,1-13H2,(H2,18,21)/t15-,16-/m1/s1. The lowest BCUT2D eigenvalue weighted by atomic mass is 9.86. The maximum absolute atomic E-state index is 11.4. The van der Waals surface area contributed by atoms with Crippen LogP contribution in [0.5, 0.6) is 0 Å². The van der Waals surface area contributed by atoms with Gasteiger partial charge in [-0.25, -0.2) is 0 Å². The third kappa shape index (κ3) is 3.59. The van der Waals surface area contributed by atoms with E-state index in [4.69, 9.17) is 5.73 Å². The molecule has 4 nitrogen and oxygen atoms in total. The highest BCUT2D eigenvalue weighted by Gasteiger charge is 2.39. The first-order valence-electron chi connectivity index (χ1n) is 9.04. The number of carbonyl (C=O) groups is 1. The van der Waals surface area contributed by atoms with Gasteiger partial charge in [0.1, 0.15) is 0 Å². The largest absolute Gasteiger partial charge is 0.369 e.